The van der Waals surface area contributed by atoms with Crippen molar-refractivity contribution < 1.29 is 0 Å². The first-order chi connectivity index (χ1) is 6.33. The van der Waals surface area contributed by atoms with Crippen LogP contribution in [0.2, 0.25) is 0 Å². The topological polar surface area (TPSA) is 0 Å². The average molecular weight is 186 g/mol. The van der Waals surface area contributed by atoms with E-state index in [1.54, 1.807) is 0 Å². The summed E-state index contributed by atoms with van der Waals surface area (Å²) in [5, 5.41) is 0. The van der Waals surface area contributed by atoms with E-state index in [1.165, 1.54) is 32.1 Å². The van der Waals surface area contributed by atoms with Gasteiger partial charge in [0.1, 0.15) is 0 Å². The van der Waals surface area contributed by atoms with E-state index in [0.717, 1.165) is 11.8 Å². The van der Waals surface area contributed by atoms with Crippen molar-refractivity contribution in [3.8, 4) is 0 Å². The van der Waals surface area contributed by atoms with Gasteiger partial charge in [0.15, 0.2) is 0 Å². The molecule has 1 fully saturated rings. The Kier molecular flexibility index (Phi) is 14.3. The Morgan fingerprint density at radius 1 is 1.00 bits per heavy atom. The molecule has 82 valence electrons. The van der Waals surface area contributed by atoms with Crippen molar-refractivity contribution in [2.75, 3.05) is 0 Å². The molecule has 0 spiro atoms. The minimum Gasteiger partial charge on any atom is -0.0683 e. The quantitative estimate of drug-likeness (QED) is 0.523. The third-order valence-corrected chi connectivity index (χ3v) is 2.62. The first-order valence-corrected chi connectivity index (χ1v) is 6.33. The molecule has 0 nitrogen and oxygen atoms in total. The fourth-order valence-electron chi connectivity index (χ4n) is 1.93. The van der Waals surface area contributed by atoms with Crippen LogP contribution in [0.3, 0.4) is 0 Å². The van der Waals surface area contributed by atoms with E-state index >= 15 is 0 Å². The maximum atomic E-state index is 2.39. The summed E-state index contributed by atoms with van der Waals surface area (Å²) >= 11 is 0. The van der Waals surface area contributed by atoms with Crippen LogP contribution in [-0.4, -0.2) is 0 Å². The normalized spacial score (nSPS) is 26.3. The zero-order valence-electron chi connectivity index (χ0n) is 10.7. The molecule has 1 rings (SSSR count). The van der Waals surface area contributed by atoms with Crippen molar-refractivity contribution in [1.82, 2.24) is 0 Å². The molecule has 0 radical (unpaired) electrons. The van der Waals surface area contributed by atoms with E-state index in [1.807, 2.05) is 27.7 Å². The highest BCUT2D eigenvalue weighted by Crippen LogP contribution is 2.29. The highest BCUT2D eigenvalue weighted by molar-refractivity contribution is 4.68. The summed E-state index contributed by atoms with van der Waals surface area (Å²) in [5.74, 6) is 2.08. The fraction of sp³-hybridized carbons (Fsp3) is 1.00. The molecule has 0 saturated heterocycles. The minimum absolute atomic E-state index is 1.02. The van der Waals surface area contributed by atoms with Gasteiger partial charge in [0.25, 0.3) is 0 Å². The number of rotatable bonds is 1. The van der Waals surface area contributed by atoms with Gasteiger partial charge in [-0.25, -0.2) is 0 Å². The van der Waals surface area contributed by atoms with Gasteiger partial charge in [-0.05, 0) is 18.3 Å². The van der Waals surface area contributed by atoms with Gasteiger partial charge in [-0.2, -0.15) is 0 Å². The van der Waals surface area contributed by atoms with Gasteiger partial charge < -0.3 is 0 Å². The summed E-state index contributed by atoms with van der Waals surface area (Å²) in [5.41, 5.74) is 0. The summed E-state index contributed by atoms with van der Waals surface area (Å²) in [7, 11) is 0. The minimum atomic E-state index is 1.02. The Balaban J connectivity index is 0. The van der Waals surface area contributed by atoms with Crippen LogP contribution in [0.1, 0.15) is 73.6 Å². The monoisotopic (exact) mass is 186 g/mol. The second-order valence-corrected chi connectivity index (χ2v) is 3.55. The molecule has 0 aromatic heterocycles. The van der Waals surface area contributed by atoms with E-state index in [2.05, 4.69) is 13.8 Å². The summed E-state index contributed by atoms with van der Waals surface area (Å²) in [6.07, 6.45) is 7.37. The predicted molar refractivity (Wildman–Crippen MR) is 64.1 cm³/mol. The Bertz CT molecular complexity index is 76.1. The van der Waals surface area contributed by atoms with Gasteiger partial charge in [-0.1, -0.05) is 67.2 Å². The van der Waals surface area contributed by atoms with E-state index < -0.39 is 0 Å². The first-order valence-electron chi connectivity index (χ1n) is 6.33. The maximum absolute atomic E-state index is 2.39. The molecule has 13 heavy (non-hydrogen) atoms. The average Bonchev–Trinajstić information content (AvgIpc) is 2.24. The lowest BCUT2D eigenvalue weighted by Crippen LogP contribution is -2.11. The Morgan fingerprint density at radius 3 is 1.85 bits per heavy atom. The second-order valence-electron chi connectivity index (χ2n) is 3.55. The zero-order chi connectivity index (χ0) is 10.7. The third-order valence-electron chi connectivity index (χ3n) is 2.62. The molecule has 1 saturated carbocycles. The van der Waals surface area contributed by atoms with Crippen LogP contribution in [-0.2, 0) is 0 Å². The SMILES string of the molecule is CC.CC.CCC1CCCC(C)C1. The molecule has 0 N–H and O–H groups in total. The summed E-state index contributed by atoms with van der Waals surface area (Å²) < 4.78 is 0. The van der Waals surface area contributed by atoms with Gasteiger partial charge in [0.05, 0.1) is 0 Å². The van der Waals surface area contributed by atoms with E-state index in [-0.39, 0.29) is 0 Å². The van der Waals surface area contributed by atoms with Crippen LogP contribution >= 0.6 is 0 Å². The molecule has 0 bridgehead atoms. The van der Waals surface area contributed by atoms with Crippen molar-refractivity contribution in [1.29, 1.82) is 0 Å². The number of hydrogen-bond donors (Lipinski definition) is 0. The molecule has 1 aliphatic rings. The molecular weight excluding hydrogens is 156 g/mol. The highest BCUT2D eigenvalue weighted by atomic mass is 14.2. The molecule has 0 amide bonds. The summed E-state index contributed by atoms with van der Waals surface area (Å²) in [6.45, 7) is 12.7. The molecule has 2 atom stereocenters. The lowest BCUT2D eigenvalue weighted by Gasteiger charge is -2.25. The second kappa shape index (κ2) is 12.0. The van der Waals surface area contributed by atoms with Gasteiger partial charge >= 0.3 is 0 Å². The molecule has 0 aromatic rings. The van der Waals surface area contributed by atoms with Crippen LogP contribution in [0.25, 0.3) is 0 Å². The largest absolute Gasteiger partial charge is 0.0683 e. The zero-order valence-corrected chi connectivity index (χ0v) is 10.7. The molecule has 0 heterocycles. The fourth-order valence-corrected chi connectivity index (χ4v) is 1.93. The smallest absolute Gasteiger partial charge is 0.0414 e. The molecule has 0 heteroatoms. The van der Waals surface area contributed by atoms with Crippen LogP contribution in [0.5, 0.6) is 0 Å². The highest BCUT2D eigenvalue weighted by Gasteiger charge is 2.16. The van der Waals surface area contributed by atoms with Crippen molar-refractivity contribution in [3.63, 3.8) is 0 Å². The van der Waals surface area contributed by atoms with Gasteiger partial charge in [-0.15, -0.1) is 0 Å². The van der Waals surface area contributed by atoms with Crippen molar-refractivity contribution in [2.24, 2.45) is 11.8 Å². The van der Waals surface area contributed by atoms with Crippen molar-refractivity contribution >= 4 is 0 Å². The molecular formula is C13H30. The van der Waals surface area contributed by atoms with E-state index in [9.17, 15) is 0 Å². The summed E-state index contributed by atoms with van der Waals surface area (Å²) in [6, 6.07) is 0. The Morgan fingerprint density at radius 2 is 1.54 bits per heavy atom. The van der Waals surface area contributed by atoms with Gasteiger partial charge in [-0.3, -0.25) is 0 Å². The van der Waals surface area contributed by atoms with E-state index in [4.69, 9.17) is 0 Å². The number of hydrogen-bond acceptors (Lipinski definition) is 0. The lowest BCUT2D eigenvalue weighted by atomic mass is 9.81. The molecule has 1 aliphatic carbocycles. The Labute approximate surface area is 86.1 Å². The van der Waals surface area contributed by atoms with Crippen LogP contribution < -0.4 is 0 Å². The first kappa shape index (κ1) is 15.5. The molecule has 2 unspecified atom stereocenters. The van der Waals surface area contributed by atoms with Crippen molar-refractivity contribution in [2.45, 2.75) is 73.6 Å². The predicted octanol–water partition coefficient (Wildman–Crippen LogP) is 5.28. The van der Waals surface area contributed by atoms with Crippen LogP contribution in [0.15, 0.2) is 0 Å². The standard InChI is InChI=1S/C9H18.2C2H6/c1-3-9-6-4-5-8(2)7-9;2*1-2/h8-9H,3-7H2,1-2H3;2*1-2H3. The molecule has 0 aromatic carbocycles. The van der Waals surface area contributed by atoms with Crippen molar-refractivity contribution in [3.05, 3.63) is 0 Å². The van der Waals surface area contributed by atoms with E-state index in [0.29, 0.717) is 0 Å². The Hall–Kier alpha value is 0. The lowest BCUT2D eigenvalue weighted by molar-refractivity contribution is 0.276. The third kappa shape index (κ3) is 8.33. The van der Waals surface area contributed by atoms with Crippen LogP contribution in [0, 0.1) is 11.8 Å². The van der Waals surface area contributed by atoms with Gasteiger partial charge in [0, 0.05) is 0 Å². The maximum Gasteiger partial charge on any atom is -0.0414 e. The van der Waals surface area contributed by atoms with Gasteiger partial charge in [0.2, 0.25) is 0 Å². The summed E-state index contributed by atoms with van der Waals surface area (Å²) in [4.78, 5) is 0. The van der Waals surface area contributed by atoms with Crippen LogP contribution in [0.4, 0.5) is 0 Å². The molecule has 0 aliphatic heterocycles.